The summed E-state index contributed by atoms with van der Waals surface area (Å²) in [5.41, 5.74) is 2.41. The first-order chi connectivity index (χ1) is 17.0. The predicted molar refractivity (Wildman–Crippen MR) is 133 cm³/mol. The van der Waals surface area contributed by atoms with Crippen molar-refractivity contribution in [2.24, 2.45) is 0 Å². The molecule has 1 fully saturated rings. The van der Waals surface area contributed by atoms with Crippen LogP contribution in [0.1, 0.15) is 53.2 Å². The SMILES string of the molecule is CCOc1cc(C(=O)Nc2nc(/C=C/c3ncn(C4CC4)c3Cl)cs2)n(Cc2ccnc(F)c2)c1. The molecule has 4 heterocycles. The van der Waals surface area contributed by atoms with Crippen LogP contribution in [0.2, 0.25) is 5.15 Å². The summed E-state index contributed by atoms with van der Waals surface area (Å²) in [5, 5.41) is 5.74. The zero-order valence-electron chi connectivity index (χ0n) is 18.8. The van der Waals surface area contributed by atoms with E-state index in [-0.39, 0.29) is 12.5 Å². The smallest absolute Gasteiger partial charge is 0.274 e. The molecule has 1 saturated carbocycles. The quantitative estimate of drug-likeness (QED) is 0.298. The Labute approximate surface area is 210 Å². The average Bonchev–Trinajstić information content (AvgIpc) is 3.26. The fraction of sp³-hybridized carbons (Fsp3) is 0.250. The summed E-state index contributed by atoms with van der Waals surface area (Å²) < 4.78 is 22.8. The van der Waals surface area contributed by atoms with Gasteiger partial charge in [0, 0.05) is 36.4 Å². The predicted octanol–water partition coefficient (Wildman–Crippen LogP) is 5.53. The number of nitrogens with one attached hydrogen (secondary N) is 1. The maximum atomic E-state index is 13.5. The second kappa shape index (κ2) is 10.0. The molecule has 180 valence electrons. The number of halogens is 2. The van der Waals surface area contributed by atoms with Crippen LogP contribution < -0.4 is 10.1 Å². The van der Waals surface area contributed by atoms with Crippen molar-refractivity contribution in [3.63, 3.8) is 0 Å². The number of imidazole rings is 1. The number of rotatable bonds is 9. The number of anilines is 1. The highest BCUT2D eigenvalue weighted by Gasteiger charge is 2.26. The molecule has 11 heteroatoms. The summed E-state index contributed by atoms with van der Waals surface area (Å²) in [5.74, 6) is -0.367. The summed E-state index contributed by atoms with van der Waals surface area (Å²) in [7, 11) is 0. The molecule has 0 unspecified atom stereocenters. The first-order valence-electron chi connectivity index (χ1n) is 11.1. The van der Waals surface area contributed by atoms with Gasteiger partial charge in [-0.1, -0.05) is 11.6 Å². The normalized spacial score (nSPS) is 13.5. The molecule has 1 aliphatic carbocycles. The van der Waals surface area contributed by atoms with Crippen LogP contribution in [0.15, 0.2) is 42.3 Å². The van der Waals surface area contributed by atoms with Crippen LogP contribution in [0.25, 0.3) is 12.2 Å². The Morgan fingerprint density at radius 2 is 2.20 bits per heavy atom. The zero-order chi connectivity index (χ0) is 24.4. The summed E-state index contributed by atoms with van der Waals surface area (Å²) >= 11 is 7.72. The standard InChI is InChI=1S/C24H22ClFN6O2S/c1-2-34-18-10-20(31(12-18)11-15-7-8-27-21(26)9-15)23(33)30-24-29-16(13-35-24)3-6-19-22(25)32(14-28-19)17-4-5-17/h3,6-10,12-14,17H,2,4-5,11H2,1H3,(H,29,30,33)/b6-3+. The molecule has 0 saturated heterocycles. The molecule has 1 amide bonds. The van der Waals surface area contributed by atoms with E-state index in [1.807, 2.05) is 29.0 Å². The third-order valence-electron chi connectivity index (χ3n) is 5.41. The van der Waals surface area contributed by atoms with Crippen molar-refractivity contribution in [2.45, 2.75) is 32.4 Å². The number of carbonyl (C=O) groups excluding carboxylic acids is 1. The molecule has 4 aromatic heterocycles. The molecular weight excluding hydrogens is 491 g/mol. The van der Waals surface area contributed by atoms with Gasteiger partial charge in [-0.25, -0.2) is 15.0 Å². The number of pyridine rings is 1. The Morgan fingerprint density at radius 1 is 1.34 bits per heavy atom. The van der Waals surface area contributed by atoms with Gasteiger partial charge in [0.2, 0.25) is 5.95 Å². The van der Waals surface area contributed by atoms with Crippen molar-refractivity contribution >= 4 is 46.1 Å². The Kier molecular flexibility index (Phi) is 6.65. The minimum atomic E-state index is -0.574. The Balaban J connectivity index is 1.30. The first kappa shape index (κ1) is 23.3. The highest BCUT2D eigenvalue weighted by Crippen LogP contribution is 2.38. The highest BCUT2D eigenvalue weighted by atomic mass is 35.5. The Morgan fingerprint density at radius 3 is 2.97 bits per heavy atom. The van der Waals surface area contributed by atoms with E-state index in [2.05, 4.69) is 20.3 Å². The van der Waals surface area contributed by atoms with Crippen molar-refractivity contribution in [1.82, 2.24) is 24.1 Å². The first-order valence-corrected chi connectivity index (χ1v) is 12.4. The molecule has 0 bridgehead atoms. The summed E-state index contributed by atoms with van der Waals surface area (Å²) in [4.78, 5) is 25.5. The summed E-state index contributed by atoms with van der Waals surface area (Å²) in [6, 6.07) is 5.15. The maximum Gasteiger partial charge on any atom is 0.274 e. The minimum Gasteiger partial charge on any atom is -0.492 e. The van der Waals surface area contributed by atoms with Gasteiger partial charge in [-0.15, -0.1) is 11.3 Å². The topological polar surface area (TPSA) is 86.9 Å². The number of nitrogens with zero attached hydrogens (tertiary/aromatic N) is 5. The molecule has 0 spiro atoms. The number of ether oxygens (including phenoxy) is 1. The van der Waals surface area contributed by atoms with E-state index in [1.54, 1.807) is 29.2 Å². The van der Waals surface area contributed by atoms with Crippen LogP contribution in [0.5, 0.6) is 5.75 Å². The van der Waals surface area contributed by atoms with E-state index in [1.165, 1.54) is 23.6 Å². The van der Waals surface area contributed by atoms with E-state index >= 15 is 0 Å². The van der Waals surface area contributed by atoms with Crippen molar-refractivity contribution in [2.75, 3.05) is 11.9 Å². The number of amides is 1. The number of aromatic nitrogens is 5. The van der Waals surface area contributed by atoms with E-state index < -0.39 is 5.95 Å². The number of hydrogen-bond acceptors (Lipinski definition) is 6. The van der Waals surface area contributed by atoms with Crippen LogP contribution in [0.4, 0.5) is 9.52 Å². The molecule has 4 aromatic rings. The van der Waals surface area contributed by atoms with Crippen LogP contribution in [0, 0.1) is 5.95 Å². The fourth-order valence-electron chi connectivity index (χ4n) is 3.61. The van der Waals surface area contributed by atoms with E-state index in [0.717, 1.165) is 12.8 Å². The summed E-state index contributed by atoms with van der Waals surface area (Å²) in [6.45, 7) is 2.61. The lowest BCUT2D eigenvalue weighted by Gasteiger charge is -2.08. The monoisotopic (exact) mass is 512 g/mol. The molecule has 1 aliphatic rings. The van der Waals surface area contributed by atoms with Crippen LogP contribution in [-0.4, -0.2) is 36.6 Å². The number of thiazole rings is 1. The van der Waals surface area contributed by atoms with E-state index in [4.69, 9.17) is 16.3 Å². The van der Waals surface area contributed by atoms with Gasteiger partial charge in [-0.3, -0.25) is 10.1 Å². The van der Waals surface area contributed by atoms with Crippen molar-refractivity contribution < 1.29 is 13.9 Å². The average molecular weight is 513 g/mol. The van der Waals surface area contributed by atoms with Gasteiger partial charge in [-0.05, 0) is 49.6 Å². The Bertz CT molecular complexity index is 1390. The van der Waals surface area contributed by atoms with Gasteiger partial charge in [0.15, 0.2) is 5.13 Å². The Hall–Kier alpha value is -3.50. The summed E-state index contributed by atoms with van der Waals surface area (Å²) in [6.07, 6.45) is 10.8. The number of hydrogen-bond donors (Lipinski definition) is 1. The van der Waals surface area contributed by atoms with Crippen molar-refractivity contribution in [1.29, 1.82) is 0 Å². The van der Waals surface area contributed by atoms with Gasteiger partial charge in [-0.2, -0.15) is 4.39 Å². The lowest BCUT2D eigenvalue weighted by Crippen LogP contribution is -2.17. The second-order valence-corrected chi connectivity index (χ2v) is 9.25. The molecule has 0 atom stereocenters. The molecular formula is C24H22ClFN6O2S. The molecule has 0 aromatic carbocycles. The molecule has 8 nitrogen and oxygen atoms in total. The number of carbonyl (C=O) groups is 1. The third-order valence-corrected chi connectivity index (χ3v) is 6.58. The third kappa shape index (κ3) is 5.44. The fourth-order valence-corrected chi connectivity index (χ4v) is 4.58. The maximum absolute atomic E-state index is 13.5. The second-order valence-electron chi connectivity index (χ2n) is 8.03. The molecule has 1 N–H and O–H groups in total. The molecule has 0 aliphatic heterocycles. The van der Waals surface area contributed by atoms with Gasteiger partial charge in [0.25, 0.3) is 5.91 Å². The molecule has 5 rings (SSSR count). The van der Waals surface area contributed by atoms with Crippen molar-refractivity contribution in [3.8, 4) is 5.75 Å². The van der Waals surface area contributed by atoms with Gasteiger partial charge in [0.1, 0.15) is 22.3 Å². The van der Waals surface area contributed by atoms with Crippen LogP contribution >= 0.6 is 22.9 Å². The van der Waals surface area contributed by atoms with Gasteiger partial charge >= 0.3 is 0 Å². The van der Waals surface area contributed by atoms with Gasteiger partial charge < -0.3 is 13.9 Å². The highest BCUT2D eigenvalue weighted by molar-refractivity contribution is 7.14. The van der Waals surface area contributed by atoms with Crippen LogP contribution in [0.3, 0.4) is 0 Å². The lowest BCUT2D eigenvalue weighted by atomic mass is 10.2. The van der Waals surface area contributed by atoms with E-state index in [0.29, 0.717) is 51.3 Å². The van der Waals surface area contributed by atoms with Crippen LogP contribution in [-0.2, 0) is 6.54 Å². The lowest BCUT2D eigenvalue weighted by molar-refractivity contribution is 0.101. The zero-order valence-corrected chi connectivity index (χ0v) is 20.4. The molecule has 0 radical (unpaired) electrons. The minimum absolute atomic E-state index is 0.287. The largest absolute Gasteiger partial charge is 0.492 e. The van der Waals surface area contributed by atoms with E-state index in [9.17, 15) is 9.18 Å². The van der Waals surface area contributed by atoms with Gasteiger partial charge in [0.05, 0.1) is 18.6 Å². The molecule has 35 heavy (non-hydrogen) atoms. The van der Waals surface area contributed by atoms with Crippen molar-refractivity contribution in [3.05, 3.63) is 76.0 Å².